The van der Waals surface area contributed by atoms with Crippen LogP contribution in [0.2, 0.25) is 0 Å². The summed E-state index contributed by atoms with van der Waals surface area (Å²) in [5, 5.41) is 3.85. The van der Waals surface area contributed by atoms with Gasteiger partial charge in [0.05, 0.1) is 6.10 Å². The van der Waals surface area contributed by atoms with Crippen LogP contribution in [-0.4, -0.2) is 33.8 Å². The molecule has 24 heavy (non-hydrogen) atoms. The van der Waals surface area contributed by atoms with Gasteiger partial charge in [-0.15, -0.1) is 0 Å². The van der Waals surface area contributed by atoms with Gasteiger partial charge in [0.25, 0.3) is 5.89 Å². The van der Waals surface area contributed by atoms with Crippen LogP contribution in [0.25, 0.3) is 11.4 Å². The van der Waals surface area contributed by atoms with Crippen LogP contribution >= 0.6 is 0 Å². The van der Waals surface area contributed by atoms with Crippen molar-refractivity contribution in [3.63, 3.8) is 0 Å². The van der Waals surface area contributed by atoms with Crippen molar-refractivity contribution in [2.45, 2.75) is 45.3 Å². The Morgan fingerprint density at radius 2 is 2.25 bits per heavy atom. The van der Waals surface area contributed by atoms with Crippen LogP contribution in [0.3, 0.4) is 0 Å². The van der Waals surface area contributed by atoms with Gasteiger partial charge in [0.2, 0.25) is 5.82 Å². The summed E-state index contributed by atoms with van der Waals surface area (Å²) in [7, 11) is 0. The first-order valence-corrected chi connectivity index (χ1v) is 8.22. The van der Waals surface area contributed by atoms with E-state index in [1.165, 1.54) is 6.42 Å². The normalized spacial score (nSPS) is 20.7. The quantitative estimate of drug-likeness (QED) is 0.752. The Bertz CT molecular complexity index is 659. The fraction of sp³-hybridized carbons (Fsp3) is 0.529. The van der Waals surface area contributed by atoms with Crippen molar-refractivity contribution in [3.05, 3.63) is 30.4 Å². The van der Waals surface area contributed by atoms with Gasteiger partial charge in [-0.05, 0) is 30.9 Å². The summed E-state index contributed by atoms with van der Waals surface area (Å²) in [6.07, 6.45) is 8.00. The minimum Gasteiger partial charge on any atom is -0.454 e. The first kappa shape index (κ1) is 16.6. The molecule has 0 bridgehead atoms. The minimum atomic E-state index is -0.422. The lowest BCUT2D eigenvalue weighted by Crippen LogP contribution is -2.28. The maximum Gasteiger partial charge on any atom is 0.332 e. The molecule has 0 radical (unpaired) electrons. The molecule has 1 saturated carbocycles. The van der Waals surface area contributed by atoms with Crippen molar-refractivity contribution in [2.24, 2.45) is 5.92 Å². The fourth-order valence-corrected chi connectivity index (χ4v) is 2.81. The van der Waals surface area contributed by atoms with Crippen molar-refractivity contribution < 1.29 is 18.8 Å². The molecular weight excluding hydrogens is 310 g/mol. The summed E-state index contributed by atoms with van der Waals surface area (Å²) in [5.74, 6) is 0.730. The van der Waals surface area contributed by atoms with Crippen molar-refractivity contribution in [3.8, 4) is 11.4 Å². The number of carbonyl (C=O) groups excluding carboxylic acids is 1. The molecule has 0 amide bonds. The number of carbonyl (C=O) groups is 1. The zero-order valence-corrected chi connectivity index (χ0v) is 13.7. The second-order valence-electron chi connectivity index (χ2n) is 6.03. The Hall–Kier alpha value is -2.28. The molecule has 2 heterocycles. The smallest absolute Gasteiger partial charge is 0.332 e. The molecule has 0 unspecified atom stereocenters. The predicted molar refractivity (Wildman–Crippen MR) is 84.7 cm³/mol. The molecule has 0 aromatic carbocycles. The molecule has 0 spiro atoms. The number of nitrogens with zero attached hydrogens (tertiary/aromatic N) is 3. The molecule has 0 aliphatic heterocycles. The SMILES string of the molecule is C[C@H]1CCCC[C@@H]1OCC(=O)OCc1nc(-c2cccnc2)no1. The first-order valence-electron chi connectivity index (χ1n) is 8.22. The summed E-state index contributed by atoms with van der Waals surface area (Å²) in [6, 6.07) is 3.61. The lowest BCUT2D eigenvalue weighted by molar-refractivity contribution is -0.155. The average Bonchev–Trinajstić information content (AvgIpc) is 3.09. The lowest BCUT2D eigenvalue weighted by atomic mass is 9.88. The van der Waals surface area contributed by atoms with Crippen LogP contribution in [0.4, 0.5) is 0 Å². The van der Waals surface area contributed by atoms with E-state index in [2.05, 4.69) is 22.0 Å². The molecule has 7 heteroatoms. The highest BCUT2D eigenvalue weighted by atomic mass is 16.6. The molecule has 1 fully saturated rings. The third-order valence-corrected chi connectivity index (χ3v) is 4.19. The molecule has 1 aliphatic rings. The summed E-state index contributed by atoms with van der Waals surface area (Å²) in [4.78, 5) is 20.0. The second kappa shape index (κ2) is 8.01. The van der Waals surface area contributed by atoms with Gasteiger partial charge < -0.3 is 14.0 Å². The lowest BCUT2D eigenvalue weighted by Gasteiger charge is -2.28. The zero-order valence-electron chi connectivity index (χ0n) is 13.7. The third kappa shape index (κ3) is 4.38. The van der Waals surface area contributed by atoms with Crippen LogP contribution < -0.4 is 0 Å². The molecule has 3 rings (SSSR count). The molecule has 2 aromatic rings. The standard InChI is InChI=1S/C17H21N3O4/c1-12-5-2-3-7-14(12)22-11-16(21)23-10-15-19-17(20-24-15)13-6-4-8-18-9-13/h4,6,8-9,12,14H,2-3,5,7,10-11H2,1H3/t12-,14-/m0/s1. The Labute approximate surface area is 140 Å². The van der Waals surface area contributed by atoms with Gasteiger partial charge >= 0.3 is 5.97 Å². The minimum absolute atomic E-state index is 0.0430. The van der Waals surface area contributed by atoms with Crippen molar-refractivity contribution in [1.29, 1.82) is 0 Å². The van der Waals surface area contributed by atoms with Crippen molar-refractivity contribution in [2.75, 3.05) is 6.61 Å². The Morgan fingerprint density at radius 1 is 1.38 bits per heavy atom. The molecule has 7 nitrogen and oxygen atoms in total. The van der Waals surface area contributed by atoms with Crippen LogP contribution in [0.1, 0.15) is 38.5 Å². The van der Waals surface area contributed by atoms with E-state index in [9.17, 15) is 4.79 Å². The number of esters is 1. The summed E-state index contributed by atoms with van der Waals surface area (Å²) < 4.78 is 15.9. The van der Waals surface area contributed by atoms with Gasteiger partial charge in [0.15, 0.2) is 6.61 Å². The number of ether oxygens (including phenoxy) is 2. The Kier molecular flexibility index (Phi) is 5.53. The van der Waals surface area contributed by atoms with Crippen LogP contribution in [-0.2, 0) is 20.9 Å². The molecular formula is C17H21N3O4. The van der Waals surface area contributed by atoms with Crippen molar-refractivity contribution >= 4 is 5.97 Å². The predicted octanol–water partition coefficient (Wildman–Crippen LogP) is 2.77. The Balaban J connectivity index is 1.44. The van der Waals surface area contributed by atoms with E-state index >= 15 is 0 Å². The van der Waals surface area contributed by atoms with E-state index in [1.54, 1.807) is 18.5 Å². The third-order valence-electron chi connectivity index (χ3n) is 4.19. The van der Waals surface area contributed by atoms with E-state index in [0.29, 0.717) is 11.7 Å². The highest BCUT2D eigenvalue weighted by Gasteiger charge is 2.23. The molecule has 0 N–H and O–H groups in total. The largest absolute Gasteiger partial charge is 0.454 e. The van der Waals surface area contributed by atoms with E-state index in [1.807, 2.05) is 6.07 Å². The summed E-state index contributed by atoms with van der Waals surface area (Å²) >= 11 is 0. The van der Waals surface area contributed by atoms with Gasteiger partial charge in [0.1, 0.15) is 6.61 Å². The summed E-state index contributed by atoms with van der Waals surface area (Å²) in [5.41, 5.74) is 0.744. The fourth-order valence-electron chi connectivity index (χ4n) is 2.81. The van der Waals surface area contributed by atoms with Crippen LogP contribution in [0, 0.1) is 5.92 Å². The molecule has 2 atom stereocenters. The highest BCUT2D eigenvalue weighted by molar-refractivity contribution is 5.70. The van der Waals surface area contributed by atoms with Crippen LogP contribution in [0.15, 0.2) is 29.0 Å². The van der Waals surface area contributed by atoms with Gasteiger partial charge in [-0.3, -0.25) is 4.98 Å². The van der Waals surface area contributed by atoms with Gasteiger partial charge in [-0.2, -0.15) is 4.98 Å². The van der Waals surface area contributed by atoms with E-state index in [4.69, 9.17) is 14.0 Å². The average molecular weight is 331 g/mol. The number of aromatic nitrogens is 3. The number of hydrogen-bond acceptors (Lipinski definition) is 7. The highest BCUT2D eigenvalue weighted by Crippen LogP contribution is 2.26. The number of pyridine rings is 1. The van der Waals surface area contributed by atoms with Crippen LogP contribution in [0.5, 0.6) is 0 Å². The van der Waals surface area contributed by atoms with E-state index < -0.39 is 5.97 Å². The monoisotopic (exact) mass is 331 g/mol. The molecule has 2 aromatic heterocycles. The zero-order chi connectivity index (χ0) is 16.8. The molecule has 128 valence electrons. The van der Waals surface area contributed by atoms with Gasteiger partial charge in [-0.25, -0.2) is 4.79 Å². The molecule has 1 aliphatic carbocycles. The van der Waals surface area contributed by atoms with Gasteiger partial charge in [0, 0.05) is 18.0 Å². The maximum absolute atomic E-state index is 11.8. The Morgan fingerprint density at radius 3 is 3.04 bits per heavy atom. The van der Waals surface area contributed by atoms with E-state index in [0.717, 1.165) is 24.8 Å². The maximum atomic E-state index is 11.8. The van der Waals surface area contributed by atoms with E-state index in [-0.39, 0.29) is 25.2 Å². The van der Waals surface area contributed by atoms with Gasteiger partial charge in [-0.1, -0.05) is 24.9 Å². The number of rotatable bonds is 6. The first-order chi connectivity index (χ1) is 11.7. The molecule has 0 saturated heterocycles. The number of hydrogen-bond donors (Lipinski definition) is 0. The summed E-state index contributed by atoms with van der Waals surface area (Å²) in [6.45, 7) is 2.06. The van der Waals surface area contributed by atoms with Crippen molar-refractivity contribution in [1.82, 2.24) is 15.1 Å². The second-order valence-corrected chi connectivity index (χ2v) is 6.03. The topological polar surface area (TPSA) is 87.3 Å².